The van der Waals surface area contributed by atoms with Crippen molar-refractivity contribution in [2.45, 2.75) is 39.7 Å². The van der Waals surface area contributed by atoms with Crippen LogP contribution >= 0.6 is 0 Å². The Bertz CT molecular complexity index is 1500. The van der Waals surface area contributed by atoms with Crippen LogP contribution in [0.2, 0.25) is 0 Å². The van der Waals surface area contributed by atoms with E-state index in [-0.39, 0.29) is 18.4 Å². The second kappa shape index (κ2) is 12.3. The number of carbonyl (C=O) groups excluding carboxylic acids is 5. The predicted octanol–water partition coefficient (Wildman–Crippen LogP) is 3.94. The first-order chi connectivity index (χ1) is 19.1. The first-order valence-electron chi connectivity index (χ1n) is 13.1. The van der Waals surface area contributed by atoms with Crippen LogP contribution in [0.3, 0.4) is 0 Å². The maximum absolute atomic E-state index is 12.6. The lowest BCUT2D eigenvalue weighted by Crippen LogP contribution is -2.40. The third-order valence-electron chi connectivity index (χ3n) is 6.84. The minimum Gasteiger partial charge on any atom is -0.370 e. The van der Waals surface area contributed by atoms with Crippen molar-refractivity contribution in [1.29, 1.82) is 0 Å². The molecule has 2 N–H and O–H groups in total. The van der Waals surface area contributed by atoms with Crippen LogP contribution < -0.4 is 15.5 Å². The lowest BCUT2D eigenvalue weighted by atomic mass is 9.99. The van der Waals surface area contributed by atoms with Gasteiger partial charge >= 0.3 is 0 Å². The van der Waals surface area contributed by atoms with Gasteiger partial charge in [0.05, 0.1) is 12.0 Å². The maximum Gasteiger partial charge on any atom is 0.292 e. The molecule has 0 unspecified atom stereocenters. The molecule has 0 aliphatic carbocycles. The Balaban J connectivity index is 1.37. The third-order valence-corrected chi connectivity index (χ3v) is 6.84. The van der Waals surface area contributed by atoms with Gasteiger partial charge < -0.3 is 10.2 Å². The number of aryl methyl sites for hydroxylation is 2. The summed E-state index contributed by atoms with van der Waals surface area (Å²) in [4.78, 5) is 62.6. The van der Waals surface area contributed by atoms with Crippen molar-refractivity contribution in [2.24, 2.45) is 0 Å². The van der Waals surface area contributed by atoms with E-state index in [4.69, 9.17) is 0 Å². The number of carbonyl (C=O) groups is 5. The first-order valence-corrected chi connectivity index (χ1v) is 13.1. The van der Waals surface area contributed by atoms with Crippen molar-refractivity contribution in [3.8, 4) is 0 Å². The Kier molecular flexibility index (Phi) is 8.69. The zero-order chi connectivity index (χ0) is 28.8. The first kappa shape index (κ1) is 28.2. The number of amides is 3. The predicted molar refractivity (Wildman–Crippen MR) is 154 cm³/mol. The fourth-order valence-electron chi connectivity index (χ4n) is 4.56. The van der Waals surface area contributed by atoms with E-state index in [0.717, 1.165) is 34.4 Å². The standard InChI is InChI=1S/C32H31N3O5/c1-4-23-7-5-6-8-27(23)33-32(40)29(37)17-24-12-9-22(15-20(24)2)19-35(3)25-13-10-21(11-14-25)16-26-28(36)18-30(38)34-31(26)39/h5-16H,4,17-19H2,1-3H3,(H,33,40)(H,34,38,39)/b26-16+. The average molecular weight is 538 g/mol. The van der Waals surface area contributed by atoms with Gasteiger partial charge in [0.1, 0.15) is 0 Å². The fourth-order valence-corrected chi connectivity index (χ4v) is 4.56. The molecule has 0 radical (unpaired) electrons. The van der Waals surface area contributed by atoms with Crippen LogP contribution in [-0.2, 0) is 43.4 Å². The number of para-hydroxylation sites is 1. The highest BCUT2D eigenvalue weighted by atomic mass is 16.2. The number of Topliss-reactive ketones (excluding diaryl/α,β-unsaturated/α-hetero) is 2. The number of anilines is 2. The van der Waals surface area contributed by atoms with E-state index in [1.54, 1.807) is 18.2 Å². The highest BCUT2D eigenvalue weighted by Gasteiger charge is 2.28. The summed E-state index contributed by atoms with van der Waals surface area (Å²) in [6, 6.07) is 20.7. The Morgan fingerprint density at radius 1 is 0.975 bits per heavy atom. The number of nitrogens with one attached hydrogen (secondary N) is 2. The van der Waals surface area contributed by atoms with Gasteiger partial charge in [-0.05, 0) is 65.4 Å². The van der Waals surface area contributed by atoms with Crippen molar-refractivity contribution in [3.63, 3.8) is 0 Å². The van der Waals surface area contributed by atoms with E-state index < -0.39 is 29.3 Å². The highest BCUT2D eigenvalue weighted by molar-refractivity contribution is 6.41. The van der Waals surface area contributed by atoms with Gasteiger partial charge in [0.2, 0.25) is 11.7 Å². The zero-order valence-corrected chi connectivity index (χ0v) is 22.7. The van der Waals surface area contributed by atoms with Gasteiger partial charge in [0.25, 0.3) is 11.8 Å². The zero-order valence-electron chi connectivity index (χ0n) is 22.7. The van der Waals surface area contributed by atoms with E-state index in [9.17, 15) is 24.0 Å². The van der Waals surface area contributed by atoms with E-state index in [1.807, 2.05) is 74.3 Å². The molecule has 1 heterocycles. The number of imide groups is 1. The summed E-state index contributed by atoms with van der Waals surface area (Å²) in [5, 5.41) is 4.90. The second-order valence-electron chi connectivity index (χ2n) is 9.81. The number of piperidine rings is 1. The molecule has 40 heavy (non-hydrogen) atoms. The largest absolute Gasteiger partial charge is 0.370 e. The van der Waals surface area contributed by atoms with Crippen LogP contribution in [0.5, 0.6) is 0 Å². The van der Waals surface area contributed by atoms with E-state index in [2.05, 4.69) is 10.6 Å². The van der Waals surface area contributed by atoms with Crippen molar-refractivity contribution >= 4 is 46.7 Å². The van der Waals surface area contributed by atoms with Crippen LogP contribution in [0.4, 0.5) is 11.4 Å². The minimum absolute atomic E-state index is 0.0216. The summed E-state index contributed by atoms with van der Waals surface area (Å²) < 4.78 is 0. The van der Waals surface area contributed by atoms with Crippen molar-refractivity contribution in [1.82, 2.24) is 5.32 Å². The smallest absolute Gasteiger partial charge is 0.292 e. The number of hydrogen-bond acceptors (Lipinski definition) is 6. The fraction of sp³-hybridized carbons (Fsp3) is 0.219. The van der Waals surface area contributed by atoms with Crippen LogP contribution in [0, 0.1) is 6.92 Å². The quantitative estimate of drug-likeness (QED) is 0.141. The molecule has 3 aromatic carbocycles. The van der Waals surface area contributed by atoms with E-state index in [0.29, 0.717) is 17.8 Å². The molecule has 0 bridgehead atoms. The summed E-state index contributed by atoms with van der Waals surface area (Å²) in [5.41, 5.74) is 5.98. The molecule has 1 saturated heterocycles. The van der Waals surface area contributed by atoms with Crippen LogP contribution in [0.1, 0.15) is 41.2 Å². The Labute approximate surface area is 233 Å². The molecule has 3 aromatic rings. The molecular formula is C32H31N3O5. The Morgan fingerprint density at radius 3 is 2.38 bits per heavy atom. The number of benzene rings is 3. The summed E-state index contributed by atoms with van der Waals surface area (Å²) in [6.45, 7) is 4.52. The molecule has 3 amide bonds. The lowest BCUT2D eigenvalue weighted by Gasteiger charge is -2.20. The molecule has 0 saturated carbocycles. The highest BCUT2D eigenvalue weighted by Crippen LogP contribution is 2.21. The number of ketones is 2. The molecule has 0 spiro atoms. The minimum atomic E-state index is -0.676. The van der Waals surface area contributed by atoms with Gasteiger partial charge in [-0.2, -0.15) is 0 Å². The number of rotatable bonds is 9. The third kappa shape index (κ3) is 6.77. The van der Waals surface area contributed by atoms with Crippen LogP contribution in [0.25, 0.3) is 6.08 Å². The topological polar surface area (TPSA) is 113 Å². The van der Waals surface area contributed by atoms with Gasteiger partial charge in [-0.1, -0.05) is 55.5 Å². The normalized spacial score (nSPS) is 14.2. The van der Waals surface area contributed by atoms with Crippen molar-refractivity contribution < 1.29 is 24.0 Å². The molecule has 1 fully saturated rings. The van der Waals surface area contributed by atoms with Crippen molar-refractivity contribution in [3.05, 3.63) is 100 Å². The van der Waals surface area contributed by atoms with E-state index in [1.165, 1.54) is 6.08 Å². The summed E-state index contributed by atoms with van der Waals surface area (Å²) in [5.74, 6) is -2.86. The lowest BCUT2D eigenvalue weighted by molar-refractivity contribution is -0.134. The van der Waals surface area contributed by atoms with Crippen molar-refractivity contribution in [2.75, 3.05) is 17.3 Å². The SMILES string of the molecule is CCc1ccccc1NC(=O)C(=O)Cc1ccc(CN(C)c2ccc(/C=C3\C(=O)CC(=O)NC3=O)cc2)cc1C. The monoisotopic (exact) mass is 537 g/mol. The molecule has 8 heteroatoms. The molecule has 1 aliphatic rings. The molecule has 0 aromatic heterocycles. The second-order valence-corrected chi connectivity index (χ2v) is 9.81. The Morgan fingerprint density at radius 2 is 1.70 bits per heavy atom. The molecule has 8 nitrogen and oxygen atoms in total. The molecule has 4 rings (SSSR count). The summed E-state index contributed by atoms with van der Waals surface area (Å²) in [6.07, 6.45) is 1.93. The molecular weight excluding hydrogens is 506 g/mol. The van der Waals surface area contributed by atoms with Gasteiger partial charge in [0, 0.05) is 31.4 Å². The van der Waals surface area contributed by atoms with Crippen LogP contribution in [-0.4, -0.2) is 36.3 Å². The van der Waals surface area contributed by atoms with Gasteiger partial charge in [0.15, 0.2) is 5.78 Å². The van der Waals surface area contributed by atoms with Gasteiger partial charge in [-0.3, -0.25) is 29.3 Å². The number of nitrogens with zero attached hydrogens (tertiary/aromatic N) is 1. The van der Waals surface area contributed by atoms with Gasteiger partial charge in [-0.25, -0.2) is 0 Å². The average Bonchev–Trinajstić information content (AvgIpc) is 2.92. The molecule has 0 atom stereocenters. The maximum atomic E-state index is 12.6. The summed E-state index contributed by atoms with van der Waals surface area (Å²) >= 11 is 0. The van der Waals surface area contributed by atoms with Gasteiger partial charge in [-0.15, -0.1) is 0 Å². The van der Waals surface area contributed by atoms with Crippen LogP contribution in [0.15, 0.2) is 72.3 Å². The number of hydrogen-bond donors (Lipinski definition) is 2. The Hall–Kier alpha value is -4.85. The summed E-state index contributed by atoms with van der Waals surface area (Å²) in [7, 11) is 1.95. The van der Waals surface area contributed by atoms with E-state index >= 15 is 0 Å². The molecule has 204 valence electrons. The molecule has 1 aliphatic heterocycles.